The summed E-state index contributed by atoms with van der Waals surface area (Å²) in [6.07, 6.45) is 2.33. The summed E-state index contributed by atoms with van der Waals surface area (Å²) < 4.78 is 7.67. The van der Waals surface area contributed by atoms with Crippen LogP contribution in [0.4, 0.5) is 0 Å². The predicted molar refractivity (Wildman–Crippen MR) is 57.3 cm³/mol. The molecule has 2 heterocycles. The molecule has 1 aliphatic rings. The van der Waals surface area contributed by atoms with E-state index in [-0.39, 0.29) is 6.10 Å². The average molecular weight is 276 g/mol. The normalized spacial score (nSPS) is 23.3. The lowest BCUT2D eigenvalue weighted by Gasteiger charge is -2.15. The molecule has 15 heavy (non-hydrogen) atoms. The first-order valence-electron chi connectivity index (χ1n) is 5.03. The summed E-state index contributed by atoms with van der Waals surface area (Å²) in [4.78, 5) is 0. The molecule has 0 aliphatic carbocycles. The molecule has 2 rings (SSSR count). The van der Waals surface area contributed by atoms with Crippen molar-refractivity contribution in [2.45, 2.75) is 31.5 Å². The number of hydrogen-bond donors (Lipinski definition) is 1. The molecule has 0 saturated carbocycles. The number of aromatic nitrogens is 3. The van der Waals surface area contributed by atoms with Gasteiger partial charge in [0.1, 0.15) is 11.8 Å². The van der Waals surface area contributed by atoms with Crippen LogP contribution in [0.3, 0.4) is 0 Å². The Morgan fingerprint density at radius 2 is 2.53 bits per heavy atom. The molecule has 6 heteroatoms. The Morgan fingerprint density at radius 1 is 1.73 bits per heavy atom. The molecule has 1 fully saturated rings. The molecule has 0 spiro atoms. The third-order valence-corrected chi connectivity index (χ3v) is 3.22. The fourth-order valence-electron chi connectivity index (χ4n) is 1.88. The second kappa shape index (κ2) is 4.59. The van der Waals surface area contributed by atoms with Crippen LogP contribution in [0.15, 0.2) is 4.60 Å². The lowest BCUT2D eigenvalue weighted by atomic mass is 10.1. The van der Waals surface area contributed by atoms with Gasteiger partial charge in [-0.25, -0.2) is 4.68 Å². The Bertz CT molecular complexity index is 317. The van der Waals surface area contributed by atoms with Gasteiger partial charge in [0, 0.05) is 20.1 Å². The van der Waals surface area contributed by atoms with Crippen molar-refractivity contribution in [2.75, 3.05) is 6.61 Å². The lowest BCUT2D eigenvalue weighted by Crippen LogP contribution is -2.14. The third-order valence-electron chi connectivity index (χ3n) is 2.65. The van der Waals surface area contributed by atoms with E-state index in [1.807, 2.05) is 0 Å². The summed E-state index contributed by atoms with van der Waals surface area (Å²) in [5.41, 5.74) is 0.713. The van der Waals surface area contributed by atoms with Gasteiger partial charge in [0.05, 0.1) is 6.10 Å². The summed E-state index contributed by atoms with van der Waals surface area (Å²) in [5, 5.41) is 17.7. The molecule has 1 N–H and O–H groups in total. The number of aliphatic hydroxyl groups is 1. The van der Waals surface area contributed by atoms with Crippen LogP contribution in [0, 0.1) is 0 Å². The zero-order valence-electron chi connectivity index (χ0n) is 8.56. The summed E-state index contributed by atoms with van der Waals surface area (Å²) in [5.74, 6) is 0. The third kappa shape index (κ3) is 2.38. The number of aryl methyl sites for hydroxylation is 1. The molecule has 84 valence electrons. The van der Waals surface area contributed by atoms with Crippen LogP contribution in [0.5, 0.6) is 0 Å². The molecule has 1 aliphatic heterocycles. The van der Waals surface area contributed by atoms with Gasteiger partial charge in [0.2, 0.25) is 0 Å². The molecule has 2 unspecified atom stereocenters. The Balaban J connectivity index is 2.03. The molecule has 1 saturated heterocycles. The van der Waals surface area contributed by atoms with Crippen LogP contribution in [0.1, 0.15) is 31.1 Å². The fraction of sp³-hybridized carbons (Fsp3) is 0.778. The van der Waals surface area contributed by atoms with Crippen molar-refractivity contribution in [2.24, 2.45) is 7.05 Å². The van der Waals surface area contributed by atoms with Crippen molar-refractivity contribution in [3.8, 4) is 0 Å². The zero-order valence-corrected chi connectivity index (χ0v) is 10.1. The van der Waals surface area contributed by atoms with E-state index in [9.17, 15) is 5.11 Å². The van der Waals surface area contributed by atoms with Crippen LogP contribution >= 0.6 is 15.9 Å². The SMILES string of the molecule is Cn1nnc(Br)c1C(O)CC1CCCO1. The molecule has 0 radical (unpaired) electrons. The van der Waals surface area contributed by atoms with Gasteiger partial charge in [-0.2, -0.15) is 0 Å². The van der Waals surface area contributed by atoms with E-state index in [1.165, 1.54) is 0 Å². The van der Waals surface area contributed by atoms with E-state index in [0.717, 1.165) is 19.4 Å². The van der Waals surface area contributed by atoms with Gasteiger partial charge in [-0.15, -0.1) is 5.10 Å². The highest BCUT2D eigenvalue weighted by Gasteiger charge is 2.24. The highest BCUT2D eigenvalue weighted by Crippen LogP contribution is 2.27. The van der Waals surface area contributed by atoms with Crippen molar-refractivity contribution in [1.82, 2.24) is 15.0 Å². The maximum Gasteiger partial charge on any atom is 0.154 e. The van der Waals surface area contributed by atoms with Crippen LogP contribution in [0.2, 0.25) is 0 Å². The number of nitrogens with zero attached hydrogens (tertiary/aromatic N) is 3. The predicted octanol–water partition coefficient (Wildman–Crippen LogP) is 1.18. The van der Waals surface area contributed by atoms with Crippen LogP contribution in [0.25, 0.3) is 0 Å². The number of aliphatic hydroxyl groups excluding tert-OH is 1. The largest absolute Gasteiger partial charge is 0.387 e. The minimum absolute atomic E-state index is 0.168. The first-order chi connectivity index (χ1) is 7.18. The van der Waals surface area contributed by atoms with Crippen molar-refractivity contribution in [3.05, 3.63) is 10.3 Å². The van der Waals surface area contributed by atoms with Crippen molar-refractivity contribution >= 4 is 15.9 Å². The lowest BCUT2D eigenvalue weighted by molar-refractivity contribution is 0.0502. The molecule has 0 amide bonds. The number of ether oxygens (including phenoxy) is 1. The minimum Gasteiger partial charge on any atom is -0.387 e. The van der Waals surface area contributed by atoms with E-state index >= 15 is 0 Å². The van der Waals surface area contributed by atoms with E-state index < -0.39 is 6.10 Å². The summed E-state index contributed by atoms with van der Waals surface area (Å²) in [6, 6.07) is 0. The van der Waals surface area contributed by atoms with E-state index in [2.05, 4.69) is 26.2 Å². The number of hydrogen-bond acceptors (Lipinski definition) is 4. The molecule has 1 aromatic rings. The van der Waals surface area contributed by atoms with Crippen molar-refractivity contribution < 1.29 is 9.84 Å². The number of halogens is 1. The molecule has 2 atom stereocenters. The summed E-state index contributed by atoms with van der Waals surface area (Å²) in [6.45, 7) is 0.808. The van der Waals surface area contributed by atoms with Gasteiger partial charge in [-0.1, -0.05) is 5.21 Å². The Kier molecular flexibility index (Phi) is 3.38. The summed E-state index contributed by atoms with van der Waals surface area (Å²) >= 11 is 3.27. The monoisotopic (exact) mass is 275 g/mol. The van der Waals surface area contributed by atoms with Gasteiger partial charge < -0.3 is 9.84 Å². The molecule has 5 nitrogen and oxygen atoms in total. The highest BCUT2D eigenvalue weighted by atomic mass is 79.9. The number of rotatable bonds is 3. The minimum atomic E-state index is -0.567. The quantitative estimate of drug-likeness (QED) is 0.900. The van der Waals surface area contributed by atoms with E-state index in [4.69, 9.17) is 4.74 Å². The maximum absolute atomic E-state index is 10.0. The van der Waals surface area contributed by atoms with Crippen molar-refractivity contribution in [3.63, 3.8) is 0 Å². The van der Waals surface area contributed by atoms with Crippen LogP contribution in [-0.4, -0.2) is 32.8 Å². The zero-order chi connectivity index (χ0) is 10.8. The van der Waals surface area contributed by atoms with Gasteiger partial charge >= 0.3 is 0 Å². The van der Waals surface area contributed by atoms with Gasteiger partial charge in [0.15, 0.2) is 4.60 Å². The van der Waals surface area contributed by atoms with Crippen LogP contribution < -0.4 is 0 Å². The van der Waals surface area contributed by atoms with Gasteiger partial charge in [0.25, 0.3) is 0 Å². The van der Waals surface area contributed by atoms with E-state index in [0.29, 0.717) is 16.7 Å². The van der Waals surface area contributed by atoms with Crippen LogP contribution in [-0.2, 0) is 11.8 Å². The molecule has 0 aromatic carbocycles. The molecule has 0 bridgehead atoms. The first-order valence-corrected chi connectivity index (χ1v) is 5.82. The van der Waals surface area contributed by atoms with Crippen molar-refractivity contribution in [1.29, 1.82) is 0 Å². The second-order valence-electron chi connectivity index (χ2n) is 3.78. The standard InChI is InChI=1S/C9H14BrN3O2/c1-13-8(9(10)11-12-13)7(14)5-6-3-2-4-15-6/h6-7,14H,2-5H2,1H3. The first kappa shape index (κ1) is 11.0. The fourth-order valence-corrected chi connectivity index (χ4v) is 2.48. The summed E-state index contributed by atoms with van der Waals surface area (Å²) in [7, 11) is 1.77. The smallest absolute Gasteiger partial charge is 0.154 e. The average Bonchev–Trinajstić information content (AvgIpc) is 2.77. The Hall–Kier alpha value is -0.460. The van der Waals surface area contributed by atoms with Gasteiger partial charge in [-0.05, 0) is 28.8 Å². The Morgan fingerprint density at radius 3 is 3.07 bits per heavy atom. The topological polar surface area (TPSA) is 60.2 Å². The molecule has 1 aromatic heterocycles. The van der Waals surface area contributed by atoms with Gasteiger partial charge in [-0.3, -0.25) is 0 Å². The second-order valence-corrected chi connectivity index (χ2v) is 4.53. The highest BCUT2D eigenvalue weighted by molar-refractivity contribution is 9.10. The maximum atomic E-state index is 10.0. The van der Waals surface area contributed by atoms with E-state index in [1.54, 1.807) is 11.7 Å². The molecular formula is C9H14BrN3O2. The Labute approximate surface area is 96.6 Å². The molecular weight excluding hydrogens is 262 g/mol.